The van der Waals surface area contributed by atoms with E-state index in [2.05, 4.69) is 20.7 Å². The highest BCUT2D eigenvalue weighted by atomic mass is 79.9. The fraction of sp³-hybridized carbons (Fsp3) is 0.0769. The fourth-order valence-electron chi connectivity index (χ4n) is 1.64. The number of benzene rings is 2. The van der Waals surface area contributed by atoms with Crippen LogP contribution in [-0.4, -0.2) is 8.42 Å². The second kappa shape index (κ2) is 6.31. The van der Waals surface area contributed by atoms with Crippen molar-refractivity contribution in [3.63, 3.8) is 0 Å². The Bertz CT molecular complexity index is 784. The van der Waals surface area contributed by atoms with Gasteiger partial charge >= 0.3 is 0 Å². The predicted octanol–water partition coefficient (Wildman–Crippen LogP) is 3.30. The van der Waals surface area contributed by atoms with Gasteiger partial charge in [-0.15, -0.1) is 0 Å². The molecule has 0 aliphatic rings. The van der Waals surface area contributed by atoms with Crippen LogP contribution in [0.3, 0.4) is 0 Å². The Morgan fingerprint density at radius 1 is 1.29 bits per heavy atom. The van der Waals surface area contributed by atoms with Gasteiger partial charge in [0.1, 0.15) is 10.7 Å². The summed E-state index contributed by atoms with van der Waals surface area (Å²) in [6.45, 7) is 0.0668. The standard InChI is InChI=1S/C13H11BrClFN2O2S/c14-9-4-2-1-3-8(9)7-18-21(19,20)13-6-12(17)11(16)5-10(13)15/h1-6,18H,7,17H2. The number of sulfonamides is 1. The molecule has 0 fully saturated rings. The Morgan fingerprint density at radius 3 is 2.62 bits per heavy atom. The summed E-state index contributed by atoms with van der Waals surface area (Å²) in [4.78, 5) is -0.255. The zero-order valence-corrected chi connectivity index (χ0v) is 13.8. The van der Waals surface area contributed by atoms with Crippen LogP contribution in [0.2, 0.25) is 5.02 Å². The van der Waals surface area contributed by atoms with Crippen molar-refractivity contribution in [3.05, 3.63) is 57.3 Å². The van der Waals surface area contributed by atoms with E-state index in [1.54, 1.807) is 18.2 Å². The van der Waals surface area contributed by atoms with Crippen LogP contribution in [0, 0.1) is 5.82 Å². The van der Waals surface area contributed by atoms with Crippen molar-refractivity contribution in [1.82, 2.24) is 4.72 Å². The van der Waals surface area contributed by atoms with Gasteiger partial charge in [-0.3, -0.25) is 0 Å². The van der Waals surface area contributed by atoms with Crippen LogP contribution >= 0.6 is 27.5 Å². The maximum atomic E-state index is 13.2. The minimum absolute atomic E-state index is 0.0668. The first kappa shape index (κ1) is 16.2. The number of nitrogens with two attached hydrogens (primary N) is 1. The maximum Gasteiger partial charge on any atom is 0.242 e. The predicted molar refractivity (Wildman–Crippen MR) is 84.0 cm³/mol. The Kier molecular flexibility index (Phi) is 4.88. The highest BCUT2D eigenvalue weighted by molar-refractivity contribution is 9.10. The molecule has 0 unspecified atom stereocenters. The van der Waals surface area contributed by atoms with Crippen LogP contribution in [0.15, 0.2) is 45.8 Å². The van der Waals surface area contributed by atoms with E-state index in [-0.39, 0.29) is 22.2 Å². The lowest BCUT2D eigenvalue weighted by atomic mass is 10.2. The summed E-state index contributed by atoms with van der Waals surface area (Å²) < 4.78 is 40.8. The van der Waals surface area contributed by atoms with E-state index in [0.717, 1.165) is 22.2 Å². The first-order valence-corrected chi connectivity index (χ1v) is 8.44. The zero-order chi connectivity index (χ0) is 15.6. The molecule has 0 aliphatic carbocycles. The zero-order valence-electron chi connectivity index (χ0n) is 10.6. The Labute approximate surface area is 135 Å². The number of nitrogens with one attached hydrogen (secondary N) is 1. The van der Waals surface area contributed by atoms with Gasteiger partial charge in [-0.2, -0.15) is 0 Å². The van der Waals surface area contributed by atoms with Crippen LogP contribution in [0.25, 0.3) is 0 Å². The smallest absolute Gasteiger partial charge is 0.242 e. The number of hydrogen-bond donors (Lipinski definition) is 2. The number of rotatable bonds is 4. The lowest BCUT2D eigenvalue weighted by Crippen LogP contribution is -2.24. The van der Waals surface area contributed by atoms with Crippen molar-refractivity contribution in [2.45, 2.75) is 11.4 Å². The summed E-state index contributed by atoms with van der Waals surface area (Å²) in [5.41, 5.74) is 5.86. The molecule has 2 aromatic rings. The summed E-state index contributed by atoms with van der Waals surface area (Å²) in [5.74, 6) is -0.759. The Balaban J connectivity index is 2.27. The molecule has 0 heterocycles. The SMILES string of the molecule is Nc1cc(S(=O)(=O)NCc2ccccc2Br)c(Cl)cc1F. The van der Waals surface area contributed by atoms with Crippen molar-refractivity contribution in [2.75, 3.05) is 5.73 Å². The third-order valence-electron chi connectivity index (χ3n) is 2.75. The molecule has 0 bridgehead atoms. The Morgan fingerprint density at radius 2 is 1.95 bits per heavy atom. The minimum atomic E-state index is -3.89. The summed E-state index contributed by atoms with van der Waals surface area (Å²) in [5, 5.41) is -0.221. The average Bonchev–Trinajstić information content (AvgIpc) is 2.42. The van der Waals surface area contributed by atoms with E-state index in [9.17, 15) is 12.8 Å². The van der Waals surface area contributed by atoms with E-state index >= 15 is 0 Å². The van der Waals surface area contributed by atoms with Crippen molar-refractivity contribution in [3.8, 4) is 0 Å². The summed E-state index contributed by atoms with van der Waals surface area (Å²) >= 11 is 9.10. The van der Waals surface area contributed by atoms with Crippen LogP contribution in [0.5, 0.6) is 0 Å². The number of nitrogen functional groups attached to an aromatic ring is 1. The number of anilines is 1. The molecule has 0 aliphatic heterocycles. The van der Waals surface area contributed by atoms with Gasteiger partial charge in [0.15, 0.2) is 0 Å². The van der Waals surface area contributed by atoms with Gasteiger partial charge in [-0.1, -0.05) is 45.7 Å². The Hall–Kier alpha value is -1.15. The maximum absolute atomic E-state index is 13.2. The fourth-order valence-corrected chi connectivity index (χ4v) is 3.62. The molecule has 21 heavy (non-hydrogen) atoms. The molecule has 2 aromatic carbocycles. The molecule has 2 rings (SSSR count). The highest BCUT2D eigenvalue weighted by Crippen LogP contribution is 2.26. The summed E-state index contributed by atoms with van der Waals surface area (Å²) in [6, 6.07) is 9.06. The average molecular weight is 394 g/mol. The van der Waals surface area contributed by atoms with Crippen LogP contribution in [0.1, 0.15) is 5.56 Å². The van der Waals surface area contributed by atoms with Gasteiger partial charge in [0.2, 0.25) is 10.0 Å². The van der Waals surface area contributed by atoms with E-state index in [0.29, 0.717) is 0 Å². The molecule has 0 aromatic heterocycles. The van der Waals surface area contributed by atoms with Gasteiger partial charge in [-0.05, 0) is 23.8 Å². The summed E-state index contributed by atoms with van der Waals surface area (Å²) in [7, 11) is -3.89. The molecule has 0 saturated heterocycles. The molecule has 0 amide bonds. The van der Waals surface area contributed by atoms with Crippen molar-refractivity contribution in [1.29, 1.82) is 0 Å². The molecule has 4 nitrogen and oxygen atoms in total. The summed E-state index contributed by atoms with van der Waals surface area (Å²) in [6.07, 6.45) is 0. The van der Waals surface area contributed by atoms with Gasteiger partial charge in [0.05, 0.1) is 10.7 Å². The van der Waals surface area contributed by atoms with Gasteiger partial charge in [0.25, 0.3) is 0 Å². The third-order valence-corrected chi connectivity index (χ3v) is 5.39. The molecule has 0 saturated carbocycles. The molecule has 0 radical (unpaired) electrons. The number of halogens is 3. The van der Waals surface area contributed by atoms with Crippen LogP contribution in [-0.2, 0) is 16.6 Å². The topological polar surface area (TPSA) is 72.2 Å². The van der Waals surface area contributed by atoms with Crippen molar-refractivity contribution >= 4 is 43.2 Å². The molecular formula is C13H11BrClFN2O2S. The lowest BCUT2D eigenvalue weighted by molar-refractivity contribution is 0.580. The van der Waals surface area contributed by atoms with Crippen molar-refractivity contribution < 1.29 is 12.8 Å². The molecular weight excluding hydrogens is 383 g/mol. The molecule has 0 atom stereocenters. The van der Waals surface area contributed by atoms with Gasteiger partial charge in [-0.25, -0.2) is 17.5 Å². The second-order valence-electron chi connectivity index (χ2n) is 4.22. The number of hydrogen-bond acceptors (Lipinski definition) is 3. The largest absolute Gasteiger partial charge is 0.396 e. The third kappa shape index (κ3) is 3.74. The minimum Gasteiger partial charge on any atom is -0.396 e. The van der Waals surface area contributed by atoms with E-state index in [4.69, 9.17) is 17.3 Å². The van der Waals surface area contributed by atoms with E-state index in [1.165, 1.54) is 0 Å². The quantitative estimate of drug-likeness (QED) is 0.783. The monoisotopic (exact) mass is 392 g/mol. The molecule has 112 valence electrons. The second-order valence-corrected chi connectivity index (χ2v) is 7.22. The van der Waals surface area contributed by atoms with E-state index in [1.807, 2.05) is 6.07 Å². The van der Waals surface area contributed by atoms with Gasteiger partial charge in [0, 0.05) is 11.0 Å². The van der Waals surface area contributed by atoms with Crippen LogP contribution < -0.4 is 10.5 Å². The van der Waals surface area contributed by atoms with Crippen molar-refractivity contribution in [2.24, 2.45) is 0 Å². The molecule has 3 N–H and O–H groups in total. The normalized spacial score (nSPS) is 11.6. The first-order valence-electron chi connectivity index (χ1n) is 5.79. The molecule has 8 heteroatoms. The lowest BCUT2D eigenvalue weighted by Gasteiger charge is -2.10. The van der Waals surface area contributed by atoms with Crippen LogP contribution in [0.4, 0.5) is 10.1 Å². The van der Waals surface area contributed by atoms with Gasteiger partial charge < -0.3 is 5.73 Å². The highest BCUT2D eigenvalue weighted by Gasteiger charge is 2.20. The van der Waals surface area contributed by atoms with E-state index < -0.39 is 15.8 Å². The first-order chi connectivity index (χ1) is 9.81. The molecule has 0 spiro atoms.